The Kier molecular flexibility index (Phi) is 7.48. The molecule has 0 aromatic heterocycles. The second-order valence-corrected chi connectivity index (χ2v) is 5.52. The van der Waals surface area contributed by atoms with Crippen LogP contribution in [0, 0.1) is 0 Å². The fraction of sp³-hybridized carbons (Fsp3) is 0.769. The van der Waals surface area contributed by atoms with Crippen molar-refractivity contribution < 1.29 is 66.6 Å². The number of carbonyl (C=O) groups excluding carboxylic acids is 1. The van der Waals surface area contributed by atoms with Gasteiger partial charge in [0.2, 0.25) is 0 Å². The quantitative estimate of drug-likeness (QED) is 0.247. The van der Waals surface area contributed by atoms with Crippen LogP contribution in [-0.4, -0.2) is 48.4 Å². The summed E-state index contributed by atoms with van der Waals surface area (Å²) in [6, 6.07) is 0. The van der Waals surface area contributed by atoms with Crippen LogP contribution >= 0.6 is 0 Å². The third-order valence-corrected chi connectivity index (χ3v) is 3.12. The number of hydrogen-bond donors (Lipinski definition) is 0. The summed E-state index contributed by atoms with van der Waals surface area (Å²) in [7, 11) is 0. The van der Waals surface area contributed by atoms with Gasteiger partial charge in [-0.25, -0.2) is 13.6 Å². The van der Waals surface area contributed by atoms with Gasteiger partial charge in [-0.05, 0) is 0 Å². The summed E-state index contributed by atoms with van der Waals surface area (Å²) in [6.45, 7) is 1.22. The zero-order valence-corrected chi connectivity index (χ0v) is 13.3. The van der Waals surface area contributed by atoms with E-state index in [0.29, 0.717) is 6.08 Å². The molecule has 0 radical (unpaired) electrons. The van der Waals surface area contributed by atoms with E-state index in [-0.39, 0.29) is 0 Å². The highest BCUT2D eigenvalue weighted by molar-refractivity contribution is 5.81. The highest BCUT2D eigenvalue weighted by Crippen LogP contribution is 2.53. The molecule has 0 unspecified atom stereocenters. The summed E-state index contributed by atoms with van der Waals surface area (Å²) < 4.78 is 171. The first kappa shape index (κ1) is 26.3. The monoisotopic (exact) mass is 446 g/mol. The summed E-state index contributed by atoms with van der Waals surface area (Å²) in [5.74, 6) is -32.2. The van der Waals surface area contributed by atoms with Gasteiger partial charge in [0.25, 0.3) is 5.92 Å². The van der Waals surface area contributed by atoms with Gasteiger partial charge in [-0.2, -0.15) is 48.3 Å². The Hall–Kier alpha value is -1.70. The van der Waals surface area contributed by atoms with Crippen molar-refractivity contribution in [2.45, 2.75) is 55.1 Å². The van der Waals surface area contributed by atoms with E-state index in [4.69, 9.17) is 0 Å². The van der Waals surface area contributed by atoms with Gasteiger partial charge >= 0.3 is 35.8 Å². The van der Waals surface area contributed by atoms with E-state index in [0.717, 1.165) is 0 Å². The summed E-state index contributed by atoms with van der Waals surface area (Å²) in [5, 5.41) is 0. The molecule has 0 rings (SSSR count). The molecule has 0 amide bonds. The highest BCUT2D eigenvalue weighted by atomic mass is 19.4. The predicted octanol–water partition coefficient (Wildman–Crippen LogP) is 5.62. The number of halogens is 13. The first-order valence-corrected chi connectivity index (χ1v) is 6.87. The van der Waals surface area contributed by atoms with Crippen molar-refractivity contribution in [1.29, 1.82) is 0 Å². The zero-order valence-electron chi connectivity index (χ0n) is 13.3. The number of alkyl halides is 13. The molecular weight excluding hydrogens is 435 g/mol. The second kappa shape index (κ2) is 7.97. The van der Waals surface area contributed by atoms with Crippen molar-refractivity contribution >= 4 is 5.97 Å². The van der Waals surface area contributed by atoms with E-state index in [1.165, 1.54) is 0 Å². The minimum atomic E-state index is -6.62. The van der Waals surface area contributed by atoms with Crippen LogP contribution in [0.1, 0.15) is 19.3 Å². The third kappa shape index (κ3) is 6.15. The molecule has 0 aliphatic rings. The standard InChI is InChI=1S/C13H11F13O2/c1-2-7(27)28-4-3-9(16,17)12(22,23)10(18,19)5-8(14,15)6-11(20,21)13(24,25)26/h2H,1,3-6H2. The van der Waals surface area contributed by atoms with Gasteiger partial charge in [-0.15, -0.1) is 0 Å². The van der Waals surface area contributed by atoms with Crippen molar-refractivity contribution in [3.8, 4) is 0 Å². The molecule has 166 valence electrons. The lowest BCUT2D eigenvalue weighted by Crippen LogP contribution is -2.57. The molecule has 0 saturated carbocycles. The summed E-state index contributed by atoms with van der Waals surface area (Å²) in [6.07, 6.45) is -15.9. The summed E-state index contributed by atoms with van der Waals surface area (Å²) in [5.41, 5.74) is 0. The number of carbonyl (C=O) groups is 1. The van der Waals surface area contributed by atoms with Gasteiger partial charge in [0, 0.05) is 6.08 Å². The molecule has 0 spiro atoms. The second-order valence-electron chi connectivity index (χ2n) is 5.52. The predicted molar refractivity (Wildman–Crippen MR) is 65.8 cm³/mol. The summed E-state index contributed by atoms with van der Waals surface area (Å²) >= 11 is 0. The van der Waals surface area contributed by atoms with E-state index >= 15 is 0 Å². The maximum atomic E-state index is 13.4. The Morgan fingerprint density at radius 1 is 0.750 bits per heavy atom. The van der Waals surface area contributed by atoms with Crippen molar-refractivity contribution in [3.05, 3.63) is 12.7 Å². The molecule has 0 bridgehead atoms. The van der Waals surface area contributed by atoms with Crippen LogP contribution < -0.4 is 0 Å². The number of esters is 1. The average Bonchev–Trinajstić information content (AvgIpc) is 2.42. The smallest absolute Gasteiger partial charge is 0.453 e. The van der Waals surface area contributed by atoms with Gasteiger partial charge in [-0.1, -0.05) is 6.58 Å². The minimum Gasteiger partial charge on any atom is -0.462 e. The first-order chi connectivity index (χ1) is 12.1. The lowest BCUT2D eigenvalue weighted by atomic mass is 9.94. The molecule has 0 N–H and O–H groups in total. The van der Waals surface area contributed by atoms with Crippen LogP contribution in [0.15, 0.2) is 12.7 Å². The molecule has 0 fully saturated rings. The molecule has 2 nitrogen and oxygen atoms in total. The van der Waals surface area contributed by atoms with Gasteiger partial charge in [0.05, 0.1) is 25.9 Å². The molecule has 15 heteroatoms. The Bertz CT molecular complexity index is 565. The zero-order chi connectivity index (χ0) is 22.8. The van der Waals surface area contributed by atoms with E-state index in [9.17, 15) is 61.9 Å². The van der Waals surface area contributed by atoms with Crippen molar-refractivity contribution in [2.24, 2.45) is 0 Å². The van der Waals surface area contributed by atoms with Crippen molar-refractivity contribution in [3.63, 3.8) is 0 Å². The Morgan fingerprint density at radius 2 is 1.18 bits per heavy atom. The van der Waals surface area contributed by atoms with Gasteiger partial charge in [-0.3, -0.25) is 0 Å². The first-order valence-electron chi connectivity index (χ1n) is 6.87. The van der Waals surface area contributed by atoms with Crippen molar-refractivity contribution in [2.75, 3.05) is 6.61 Å². The Morgan fingerprint density at radius 3 is 1.57 bits per heavy atom. The van der Waals surface area contributed by atoms with Crippen LogP contribution in [0.25, 0.3) is 0 Å². The maximum Gasteiger partial charge on any atom is 0.453 e. The molecule has 0 aromatic rings. The average molecular weight is 446 g/mol. The van der Waals surface area contributed by atoms with Crippen LogP contribution in [0.5, 0.6) is 0 Å². The topological polar surface area (TPSA) is 26.3 Å². The van der Waals surface area contributed by atoms with Crippen LogP contribution in [-0.2, 0) is 9.53 Å². The van der Waals surface area contributed by atoms with Gasteiger partial charge in [0.1, 0.15) is 0 Å². The highest BCUT2D eigenvalue weighted by Gasteiger charge is 2.73. The Labute approximate surface area is 148 Å². The Balaban J connectivity index is 5.42. The minimum absolute atomic E-state index is 0.395. The third-order valence-electron chi connectivity index (χ3n) is 3.12. The van der Waals surface area contributed by atoms with Crippen LogP contribution in [0.3, 0.4) is 0 Å². The lowest BCUT2D eigenvalue weighted by molar-refractivity contribution is -0.335. The lowest BCUT2D eigenvalue weighted by Gasteiger charge is -2.35. The fourth-order valence-corrected chi connectivity index (χ4v) is 1.69. The molecule has 0 aromatic carbocycles. The van der Waals surface area contributed by atoms with Crippen molar-refractivity contribution in [1.82, 2.24) is 0 Å². The van der Waals surface area contributed by atoms with E-state index in [1.807, 2.05) is 0 Å². The molecular formula is C13H11F13O2. The van der Waals surface area contributed by atoms with E-state index in [1.54, 1.807) is 0 Å². The SMILES string of the molecule is C=CC(=O)OCCC(F)(F)C(F)(F)C(F)(F)CC(F)(F)CC(F)(F)C(F)(F)F. The molecule has 0 saturated heterocycles. The van der Waals surface area contributed by atoms with E-state index in [2.05, 4.69) is 11.3 Å². The van der Waals surface area contributed by atoms with Crippen LogP contribution in [0.2, 0.25) is 0 Å². The maximum absolute atomic E-state index is 13.4. The van der Waals surface area contributed by atoms with E-state index < -0.39 is 67.6 Å². The number of hydrogen-bond acceptors (Lipinski definition) is 2. The molecule has 0 atom stereocenters. The van der Waals surface area contributed by atoms with Gasteiger partial charge < -0.3 is 4.74 Å². The van der Waals surface area contributed by atoms with Crippen LogP contribution in [0.4, 0.5) is 57.1 Å². The fourth-order valence-electron chi connectivity index (χ4n) is 1.69. The molecule has 28 heavy (non-hydrogen) atoms. The summed E-state index contributed by atoms with van der Waals surface area (Å²) in [4.78, 5) is 10.6. The molecule has 0 heterocycles. The number of ether oxygens (including phenoxy) is 1. The molecule has 0 aliphatic heterocycles. The largest absolute Gasteiger partial charge is 0.462 e. The number of rotatable bonds is 10. The normalized spacial score (nSPS) is 14.8. The van der Waals surface area contributed by atoms with Gasteiger partial charge in [0.15, 0.2) is 0 Å². The molecule has 0 aliphatic carbocycles.